The molecule has 8 heteroatoms. The molecule has 1 amide bonds. The smallest absolute Gasteiger partial charge is 0.248 e. The third-order valence-corrected chi connectivity index (χ3v) is 6.83. The highest BCUT2D eigenvalue weighted by Crippen LogP contribution is 2.30. The first kappa shape index (κ1) is 21.4. The van der Waals surface area contributed by atoms with E-state index in [0.29, 0.717) is 29.5 Å². The zero-order valence-corrected chi connectivity index (χ0v) is 17.7. The van der Waals surface area contributed by atoms with Gasteiger partial charge in [0.1, 0.15) is 5.75 Å². The lowest BCUT2D eigenvalue weighted by atomic mass is 10.2. The molecule has 2 aromatic rings. The van der Waals surface area contributed by atoms with Crippen LogP contribution in [0.5, 0.6) is 5.75 Å². The third-order valence-electron chi connectivity index (χ3n) is 4.68. The maximum absolute atomic E-state index is 12.9. The van der Waals surface area contributed by atoms with Gasteiger partial charge < -0.3 is 10.1 Å². The highest BCUT2D eigenvalue weighted by molar-refractivity contribution is 7.89. The summed E-state index contributed by atoms with van der Waals surface area (Å²) in [6, 6.07) is 11.5. The van der Waals surface area contributed by atoms with Crippen LogP contribution in [-0.2, 0) is 14.8 Å². The maximum atomic E-state index is 12.9. The Labute approximate surface area is 176 Å². The summed E-state index contributed by atoms with van der Waals surface area (Å²) in [6.07, 6.45) is 5.76. The van der Waals surface area contributed by atoms with E-state index in [-0.39, 0.29) is 4.90 Å². The molecule has 154 valence electrons. The zero-order valence-electron chi connectivity index (χ0n) is 16.1. The molecule has 0 unspecified atom stereocenters. The highest BCUT2D eigenvalue weighted by Gasteiger charge is 2.26. The Morgan fingerprint density at radius 3 is 2.45 bits per heavy atom. The molecule has 29 heavy (non-hydrogen) atoms. The summed E-state index contributed by atoms with van der Waals surface area (Å²) in [5.74, 6) is -0.0124. The van der Waals surface area contributed by atoms with E-state index in [0.717, 1.165) is 24.8 Å². The van der Waals surface area contributed by atoms with Crippen LogP contribution in [0.15, 0.2) is 53.4 Å². The lowest BCUT2D eigenvalue weighted by Crippen LogP contribution is -2.35. The quantitative estimate of drug-likeness (QED) is 0.692. The largest absolute Gasteiger partial charge is 0.495 e. The molecule has 0 aromatic heterocycles. The molecule has 0 radical (unpaired) electrons. The molecule has 1 N–H and O–H groups in total. The fourth-order valence-corrected chi connectivity index (χ4v) is 4.79. The van der Waals surface area contributed by atoms with Crippen LogP contribution >= 0.6 is 11.6 Å². The normalized spacial score (nSPS) is 15.4. The van der Waals surface area contributed by atoms with Crippen molar-refractivity contribution in [3.63, 3.8) is 0 Å². The second kappa shape index (κ2) is 9.43. The molecule has 1 aliphatic rings. The number of hydrogen-bond donors (Lipinski definition) is 1. The van der Waals surface area contributed by atoms with Crippen molar-refractivity contribution in [1.82, 2.24) is 4.31 Å². The first-order valence-corrected chi connectivity index (χ1v) is 11.1. The summed E-state index contributed by atoms with van der Waals surface area (Å²) in [5, 5.41) is 3.31. The summed E-state index contributed by atoms with van der Waals surface area (Å²) >= 11 is 5.85. The van der Waals surface area contributed by atoms with Crippen molar-refractivity contribution in [3.05, 3.63) is 59.1 Å². The van der Waals surface area contributed by atoms with Crippen molar-refractivity contribution in [2.45, 2.75) is 24.2 Å². The third kappa shape index (κ3) is 5.38. The van der Waals surface area contributed by atoms with Crippen molar-refractivity contribution in [2.75, 3.05) is 25.5 Å². The van der Waals surface area contributed by atoms with Crippen LogP contribution in [0.1, 0.15) is 24.8 Å². The minimum Gasteiger partial charge on any atom is -0.495 e. The van der Waals surface area contributed by atoms with Gasteiger partial charge >= 0.3 is 0 Å². The minimum atomic E-state index is -3.61. The molecule has 1 fully saturated rings. The maximum Gasteiger partial charge on any atom is 0.248 e. The van der Waals surface area contributed by atoms with E-state index in [1.54, 1.807) is 36.4 Å². The number of hydrogen-bond acceptors (Lipinski definition) is 4. The van der Waals surface area contributed by atoms with Crippen molar-refractivity contribution < 1.29 is 17.9 Å². The predicted molar refractivity (Wildman–Crippen MR) is 115 cm³/mol. The van der Waals surface area contributed by atoms with E-state index in [1.807, 2.05) is 0 Å². The molecule has 1 heterocycles. The van der Waals surface area contributed by atoms with E-state index < -0.39 is 15.9 Å². The Morgan fingerprint density at radius 2 is 1.79 bits per heavy atom. The molecule has 1 saturated heterocycles. The van der Waals surface area contributed by atoms with Gasteiger partial charge in [-0.2, -0.15) is 4.31 Å². The van der Waals surface area contributed by atoms with Gasteiger partial charge in [0.05, 0.1) is 17.7 Å². The number of rotatable bonds is 6. The summed E-state index contributed by atoms with van der Waals surface area (Å²) in [6.45, 7) is 1.03. The number of amides is 1. The lowest BCUT2D eigenvalue weighted by molar-refractivity contribution is -0.111. The van der Waals surface area contributed by atoms with Gasteiger partial charge in [0.15, 0.2) is 0 Å². The fourth-order valence-electron chi connectivity index (χ4n) is 3.12. The van der Waals surface area contributed by atoms with Crippen molar-refractivity contribution in [1.29, 1.82) is 0 Å². The van der Waals surface area contributed by atoms with Crippen LogP contribution in [-0.4, -0.2) is 38.8 Å². The molecule has 3 rings (SSSR count). The Bertz CT molecular complexity index is 998. The number of halogens is 1. The molecule has 2 aromatic carbocycles. The van der Waals surface area contributed by atoms with Crippen molar-refractivity contribution in [3.8, 4) is 5.75 Å². The second-order valence-electron chi connectivity index (χ2n) is 6.70. The molecule has 0 bridgehead atoms. The van der Waals surface area contributed by atoms with E-state index in [2.05, 4.69) is 5.32 Å². The molecule has 0 saturated carbocycles. The molecular formula is C21H23ClN2O4S. The van der Waals surface area contributed by atoms with Gasteiger partial charge in [-0.3, -0.25) is 4.79 Å². The number of carbonyl (C=O) groups is 1. The van der Waals surface area contributed by atoms with Gasteiger partial charge in [-0.25, -0.2) is 8.42 Å². The Hall–Kier alpha value is -2.35. The number of nitrogens with zero attached hydrogens (tertiary/aromatic N) is 1. The summed E-state index contributed by atoms with van der Waals surface area (Å²) in [5.41, 5.74) is 1.12. The number of carbonyl (C=O) groups excluding carboxylic acids is 1. The Morgan fingerprint density at radius 1 is 1.10 bits per heavy atom. The molecule has 6 nitrogen and oxygen atoms in total. The van der Waals surface area contributed by atoms with Gasteiger partial charge in [-0.15, -0.1) is 0 Å². The van der Waals surface area contributed by atoms with Crippen molar-refractivity contribution in [2.24, 2.45) is 0 Å². The topological polar surface area (TPSA) is 75.7 Å². The molecule has 1 aliphatic heterocycles. The number of nitrogens with one attached hydrogen (secondary N) is 1. The monoisotopic (exact) mass is 434 g/mol. The summed E-state index contributed by atoms with van der Waals surface area (Å²) in [4.78, 5) is 12.5. The second-order valence-corrected chi connectivity index (χ2v) is 9.08. The van der Waals surface area contributed by atoms with Crippen LogP contribution in [0.2, 0.25) is 5.02 Å². The number of benzene rings is 2. The molecular weight excluding hydrogens is 412 g/mol. The van der Waals surface area contributed by atoms with Gasteiger partial charge in [0.25, 0.3) is 0 Å². The zero-order chi connectivity index (χ0) is 20.9. The Balaban J connectivity index is 1.79. The van der Waals surface area contributed by atoms with E-state index in [1.165, 1.54) is 29.6 Å². The molecule has 0 atom stereocenters. The average Bonchev–Trinajstić information content (AvgIpc) is 2.74. The average molecular weight is 435 g/mol. The predicted octanol–water partition coefficient (Wildman–Crippen LogP) is 4.18. The molecule has 0 spiro atoms. The molecule has 0 aliphatic carbocycles. The minimum absolute atomic E-state index is 0.136. The van der Waals surface area contributed by atoms with E-state index >= 15 is 0 Å². The Kier molecular flexibility index (Phi) is 6.95. The SMILES string of the molecule is COc1ccc(S(=O)(=O)N2CCCCC2)cc1NC(=O)/C=C/c1ccc(Cl)cc1. The summed E-state index contributed by atoms with van der Waals surface area (Å²) in [7, 11) is -2.14. The van der Waals surface area contributed by atoms with Crippen LogP contribution in [0.3, 0.4) is 0 Å². The van der Waals surface area contributed by atoms with Crippen LogP contribution in [0.25, 0.3) is 6.08 Å². The van der Waals surface area contributed by atoms with E-state index in [4.69, 9.17) is 16.3 Å². The van der Waals surface area contributed by atoms with Crippen LogP contribution in [0, 0.1) is 0 Å². The van der Waals surface area contributed by atoms with Gasteiger partial charge in [0.2, 0.25) is 15.9 Å². The number of anilines is 1. The first-order chi connectivity index (χ1) is 13.9. The van der Waals surface area contributed by atoms with E-state index in [9.17, 15) is 13.2 Å². The van der Waals surface area contributed by atoms with Gasteiger partial charge in [0, 0.05) is 24.2 Å². The van der Waals surface area contributed by atoms with Crippen LogP contribution < -0.4 is 10.1 Å². The number of ether oxygens (including phenoxy) is 1. The number of sulfonamides is 1. The fraction of sp³-hybridized carbons (Fsp3) is 0.286. The first-order valence-electron chi connectivity index (χ1n) is 9.33. The van der Waals surface area contributed by atoms with Crippen molar-refractivity contribution >= 4 is 39.3 Å². The van der Waals surface area contributed by atoms with Gasteiger partial charge in [-0.1, -0.05) is 30.2 Å². The standard InChI is InChI=1S/C21H23ClN2O4S/c1-28-20-11-10-18(29(26,27)24-13-3-2-4-14-24)15-19(20)23-21(25)12-7-16-5-8-17(22)9-6-16/h5-12,15H,2-4,13-14H2,1H3,(H,23,25)/b12-7+. The highest BCUT2D eigenvalue weighted by atomic mass is 35.5. The van der Waals surface area contributed by atoms with Crippen LogP contribution in [0.4, 0.5) is 5.69 Å². The van der Waals surface area contributed by atoms with Gasteiger partial charge in [-0.05, 0) is 54.8 Å². The number of methoxy groups -OCH3 is 1. The summed E-state index contributed by atoms with van der Waals surface area (Å²) < 4.78 is 32.6. The number of piperidine rings is 1. The lowest BCUT2D eigenvalue weighted by Gasteiger charge is -2.26.